The molecule has 7 heteroatoms. The van der Waals surface area contributed by atoms with Crippen LogP contribution in [0.25, 0.3) is 16.2 Å². The van der Waals surface area contributed by atoms with Crippen molar-refractivity contribution in [3.05, 3.63) is 64.6 Å². The first-order valence-electron chi connectivity index (χ1n) is 8.19. The molecule has 1 N–H and O–H groups in total. The Labute approximate surface area is 154 Å². The summed E-state index contributed by atoms with van der Waals surface area (Å²) in [6.07, 6.45) is 1.96. The number of carbonyl (C=O) groups is 1. The fourth-order valence-corrected chi connectivity index (χ4v) is 3.85. The third kappa shape index (κ3) is 2.97. The second-order valence-electron chi connectivity index (χ2n) is 6.09. The van der Waals surface area contributed by atoms with E-state index in [1.807, 2.05) is 67.8 Å². The summed E-state index contributed by atoms with van der Waals surface area (Å²) < 4.78 is 1.95. The molecule has 4 aromatic rings. The van der Waals surface area contributed by atoms with E-state index in [9.17, 15) is 4.79 Å². The number of nitrogens with one attached hydrogen (secondary N) is 1. The van der Waals surface area contributed by atoms with Crippen LogP contribution in [0, 0.1) is 20.8 Å². The van der Waals surface area contributed by atoms with Crippen molar-refractivity contribution in [2.75, 3.05) is 5.32 Å². The molecule has 26 heavy (non-hydrogen) atoms. The fraction of sp³-hybridized carbons (Fsp3) is 0.158. The maximum Gasteiger partial charge on any atom is 0.270 e. The highest BCUT2D eigenvalue weighted by Crippen LogP contribution is 2.27. The molecule has 0 aliphatic rings. The summed E-state index contributed by atoms with van der Waals surface area (Å²) in [5, 5.41) is 2.79. The summed E-state index contributed by atoms with van der Waals surface area (Å²) in [4.78, 5) is 27.2. The van der Waals surface area contributed by atoms with Gasteiger partial charge in [-0.05, 0) is 26.8 Å². The van der Waals surface area contributed by atoms with E-state index in [-0.39, 0.29) is 5.91 Å². The summed E-state index contributed by atoms with van der Waals surface area (Å²) >= 11 is 1.36. The summed E-state index contributed by atoms with van der Waals surface area (Å²) in [6.45, 7) is 5.66. The van der Waals surface area contributed by atoms with Crippen molar-refractivity contribution in [3.8, 4) is 11.3 Å². The molecule has 130 valence electrons. The molecule has 0 bridgehead atoms. The van der Waals surface area contributed by atoms with E-state index < -0.39 is 0 Å². The molecular weight excluding hydrogens is 346 g/mol. The SMILES string of the molecule is Cc1cc(C)nc(NC(=O)c2sc3nc(-c4ccccc4)cn3c2C)n1. The number of fused-ring (bicyclic) bond motifs is 1. The van der Waals surface area contributed by atoms with Gasteiger partial charge in [-0.1, -0.05) is 41.7 Å². The number of amides is 1. The van der Waals surface area contributed by atoms with Gasteiger partial charge < -0.3 is 0 Å². The molecule has 0 fully saturated rings. The van der Waals surface area contributed by atoms with Crippen LogP contribution in [-0.4, -0.2) is 25.3 Å². The van der Waals surface area contributed by atoms with Crippen LogP contribution < -0.4 is 5.32 Å². The lowest BCUT2D eigenvalue weighted by molar-refractivity contribution is 0.102. The van der Waals surface area contributed by atoms with Gasteiger partial charge >= 0.3 is 0 Å². The van der Waals surface area contributed by atoms with E-state index >= 15 is 0 Å². The minimum atomic E-state index is -0.218. The van der Waals surface area contributed by atoms with Gasteiger partial charge in [-0.15, -0.1) is 0 Å². The molecule has 1 aromatic carbocycles. The number of aromatic nitrogens is 4. The van der Waals surface area contributed by atoms with Gasteiger partial charge in [-0.3, -0.25) is 14.5 Å². The number of nitrogens with zero attached hydrogens (tertiary/aromatic N) is 4. The van der Waals surface area contributed by atoms with Crippen LogP contribution in [0.3, 0.4) is 0 Å². The van der Waals surface area contributed by atoms with E-state index in [0.29, 0.717) is 10.8 Å². The lowest BCUT2D eigenvalue weighted by Gasteiger charge is -2.05. The number of anilines is 1. The second-order valence-corrected chi connectivity index (χ2v) is 7.07. The largest absolute Gasteiger partial charge is 0.293 e. The highest BCUT2D eigenvalue weighted by molar-refractivity contribution is 7.19. The van der Waals surface area contributed by atoms with Gasteiger partial charge in [0, 0.05) is 28.8 Å². The quantitative estimate of drug-likeness (QED) is 0.596. The maximum absolute atomic E-state index is 12.7. The highest BCUT2D eigenvalue weighted by Gasteiger charge is 2.19. The first-order valence-corrected chi connectivity index (χ1v) is 9.00. The van der Waals surface area contributed by atoms with Gasteiger partial charge in [0.25, 0.3) is 5.91 Å². The van der Waals surface area contributed by atoms with Crippen molar-refractivity contribution in [2.45, 2.75) is 20.8 Å². The van der Waals surface area contributed by atoms with Crippen molar-refractivity contribution < 1.29 is 4.79 Å². The Bertz CT molecular complexity index is 1090. The number of imidazole rings is 1. The van der Waals surface area contributed by atoms with Crippen LogP contribution in [-0.2, 0) is 0 Å². The molecule has 3 aromatic heterocycles. The van der Waals surface area contributed by atoms with Crippen LogP contribution in [0.4, 0.5) is 5.95 Å². The number of hydrogen-bond donors (Lipinski definition) is 1. The Balaban J connectivity index is 1.65. The third-order valence-electron chi connectivity index (χ3n) is 4.04. The molecule has 6 nitrogen and oxygen atoms in total. The number of thiazole rings is 1. The van der Waals surface area contributed by atoms with E-state index in [1.54, 1.807) is 0 Å². The molecule has 0 saturated carbocycles. The van der Waals surface area contributed by atoms with Gasteiger partial charge in [0.1, 0.15) is 4.88 Å². The normalized spacial score (nSPS) is 11.0. The van der Waals surface area contributed by atoms with Gasteiger partial charge in [0.2, 0.25) is 5.95 Å². The number of aryl methyl sites for hydroxylation is 3. The molecule has 0 radical (unpaired) electrons. The highest BCUT2D eigenvalue weighted by atomic mass is 32.1. The third-order valence-corrected chi connectivity index (χ3v) is 5.20. The number of benzene rings is 1. The summed E-state index contributed by atoms with van der Waals surface area (Å²) in [5.74, 6) is 0.104. The van der Waals surface area contributed by atoms with Crippen LogP contribution in [0.15, 0.2) is 42.6 Å². The maximum atomic E-state index is 12.7. The van der Waals surface area contributed by atoms with Crippen LogP contribution >= 0.6 is 11.3 Å². The average molecular weight is 363 g/mol. The smallest absolute Gasteiger partial charge is 0.270 e. The minimum absolute atomic E-state index is 0.218. The van der Waals surface area contributed by atoms with Gasteiger partial charge in [-0.2, -0.15) is 0 Å². The lowest BCUT2D eigenvalue weighted by atomic mass is 10.2. The number of carbonyl (C=O) groups excluding carboxylic acids is 1. The zero-order chi connectivity index (χ0) is 18.3. The minimum Gasteiger partial charge on any atom is -0.293 e. The van der Waals surface area contributed by atoms with E-state index in [0.717, 1.165) is 33.3 Å². The van der Waals surface area contributed by atoms with Crippen molar-refractivity contribution in [3.63, 3.8) is 0 Å². The Morgan fingerprint density at radius 2 is 1.73 bits per heavy atom. The van der Waals surface area contributed by atoms with E-state index in [1.165, 1.54) is 11.3 Å². The predicted molar refractivity (Wildman–Crippen MR) is 103 cm³/mol. The molecule has 0 aliphatic carbocycles. The summed E-state index contributed by atoms with van der Waals surface area (Å²) in [6, 6.07) is 11.9. The topological polar surface area (TPSA) is 72.2 Å². The summed E-state index contributed by atoms with van der Waals surface area (Å²) in [5.41, 5.74) is 4.43. The fourth-order valence-electron chi connectivity index (χ4n) is 2.85. The number of hydrogen-bond acceptors (Lipinski definition) is 5. The Morgan fingerprint density at radius 1 is 1.04 bits per heavy atom. The summed E-state index contributed by atoms with van der Waals surface area (Å²) in [7, 11) is 0. The molecular formula is C19H17N5OS. The Kier molecular flexibility index (Phi) is 4.00. The zero-order valence-corrected chi connectivity index (χ0v) is 15.5. The van der Waals surface area contributed by atoms with Crippen molar-refractivity contribution in [1.29, 1.82) is 0 Å². The first kappa shape index (κ1) is 16.4. The van der Waals surface area contributed by atoms with Crippen molar-refractivity contribution >= 4 is 28.2 Å². The van der Waals surface area contributed by atoms with Gasteiger partial charge in [-0.25, -0.2) is 15.0 Å². The van der Waals surface area contributed by atoms with Crippen molar-refractivity contribution in [2.24, 2.45) is 0 Å². The molecule has 0 saturated heterocycles. The Morgan fingerprint density at radius 3 is 2.38 bits per heavy atom. The molecule has 3 heterocycles. The number of rotatable bonds is 3. The monoisotopic (exact) mass is 363 g/mol. The standard InChI is InChI=1S/C19H17N5OS/c1-11-9-12(2)21-18(20-11)23-17(25)16-13(3)24-10-15(22-19(24)26-16)14-7-5-4-6-8-14/h4-10H,1-3H3,(H,20,21,23,25). The van der Waals surface area contributed by atoms with Crippen molar-refractivity contribution in [1.82, 2.24) is 19.4 Å². The molecule has 4 rings (SSSR count). The molecule has 0 unspecified atom stereocenters. The average Bonchev–Trinajstić information content (AvgIpc) is 3.14. The molecule has 1 amide bonds. The zero-order valence-electron chi connectivity index (χ0n) is 14.6. The van der Waals surface area contributed by atoms with Crippen LogP contribution in [0.5, 0.6) is 0 Å². The first-order chi connectivity index (χ1) is 12.5. The molecule has 0 aliphatic heterocycles. The second kappa shape index (κ2) is 6.34. The van der Waals surface area contributed by atoms with Gasteiger partial charge in [0.05, 0.1) is 5.69 Å². The molecule has 0 spiro atoms. The predicted octanol–water partition coefficient (Wildman–Crippen LogP) is 4.03. The van der Waals surface area contributed by atoms with E-state index in [2.05, 4.69) is 20.3 Å². The van der Waals surface area contributed by atoms with E-state index in [4.69, 9.17) is 0 Å². The van der Waals surface area contributed by atoms with Crippen LogP contribution in [0.1, 0.15) is 26.8 Å². The lowest BCUT2D eigenvalue weighted by Crippen LogP contribution is -2.15. The molecule has 0 atom stereocenters. The Hall–Kier alpha value is -3.06. The van der Waals surface area contributed by atoms with Crippen LogP contribution in [0.2, 0.25) is 0 Å². The van der Waals surface area contributed by atoms with Gasteiger partial charge in [0.15, 0.2) is 4.96 Å².